The lowest BCUT2D eigenvalue weighted by atomic mass is 10.2. The molecule has 0 aliphatic rings. The van der Waals surface area contributed by atoms with Gasteiger partial charge >= 0.3 is 0 Å². The zero-order chi connectivity index (χ0) is 26.5. The number of hydrogen-bond acceptors (Lipinski definition) is 6. The van der Waals surface area contributed by atoms with Gasteiger partial charge in [0.15, 0.2) is 18.1 Å². The van der Waals surface area contributed by atoms with Crippen molar-refractivity contribution in [1.29, 1.82) is 0 Å². The predicted molar refractivity (Wildman–Crippen MR) is 145 cm³/mol. The van der Waals surface area contributed by atoms with Crippen molar-refractivity contribution in [2.45, 2.75) is 13.3 Å². The molecule has 1 amide bonds. The molecule has 0 bridgehead atoms. The third kappa shape index (κ3) is 5.98. The topological polar surface area (TPSA) is 94.8 Å². The standard InChI is InChI=1S/C26H21BrClFN4O4/c1-3-23-31-20-9-8-16(27)11-18(20)26(35)33(23)30-13-15-10-17(28)12-22(36-2)25(15)37-14-24(34)32-21-7-5-4-6-19(21)29/h4-13H,3,14H2,1-2H3,(H,32,34). The monoisotopic (exact) mass is 586 g/mol. The van der Waals surface area contributed by atoms with Gasteiger partial charge in [-0.15, -0.1) is 0 Å². The average molecular weight is 588 g/mol. The summed E-state index contributed by atoms with van der Waals surface area (Å²) < 4.78 is 26.9. The number of anilines is 1. The molecule has 37 heavy (non-hydrogen) atoms. The lowest BCUT2D eigenvalue weighted by molar-refractivity contribution is -0.118. The van der Waals surface area contributed by atoms with E-state index in [1.807, 2.05) is 13.0 Å². The van der Waals surface area contributed by atoms with Crippen molar-refractivity contribution < 1.29 is 18.7 Å². The van der Waals surface area contributed by atoms with Crippen molar-refractivity contribution in [2.24, 2.45) is 5.10 Å². The average Bonchev–Trinajstić information content (AvgIpc) is 2.88. The first-order chi connectivity index (χ1) is 17.8. The van der Waals surface area contributed by atoms with Crippen LogP contribution < -0.4 is 20.3 Å². The largest absolute Gasteiger partial charge is 0.493 e. The highest BCUT2D eigenvalue weighted by Crippen LogP contribution is 2.34. The molecule has 0 unspecified atom stereocenters. The lowest BCUT2D eigenvalue weighted by Gasteiger charge is -2.14. The minimum Gasteiger partial charge on any atom is -0.493 e. The van der Waals surface area contributed by atoms with Crippen molar-refractivity contribution >= 4 is 56.2 Å². The molecule has 0 atom stereocenters. The van der Waals surface area contributed by atoms with Crippen LogP contribution in [0.1, 0.15) is 18.3 Å². The quantitative estimate of drug-likeness (QED) is 0.278. The Kier molecular flexibility index (Phi) is 8.20. The molecule has 0 aliphatic carbocycles. The van der Waals surface area contributed by atoms with Gasteiger partial charge in [-0.3, -0.25) is 9.59 Å². The van der Waals surface area contributed by atoms with Gasteiger partial charge in [-0.05, 0) is 36.4 Å². The highest BCUT2D eigenvalue weighted by atomic mass is 79.9. The first kappa shape index (κ1) is 26.3. The third-order valence-corrected chi connectivity index (χ3v) is 5.98. The summed E-state index contributed by atoms with van der Waals surface area (Å²) in [5.41, 5.74) is 0.597. The summed E-state index contributed by atoms with van der Waals surface area (Å²) in [6.07, 6.45) is 1.83. The van der Waals surface area contributed by atoms with Crippen LogP contribution in [0.2, 0.25) is 5.02 Å². The molecule has 3 aromatic carbocycles. The Morgan fingerprint density at radius 1 is 1.24 bits per heavy atom. The van der Waals surface area contributed by atoms with E-state index >= 15 is 0 Å². The molecule has 4 rings (SSSR count). The number of nitrogens with zero attached hydrogens (tertiary/aromatic N) is 3. The number of para-hydroxylation sites is 1. The van der Waals surface area contributed by atoms with Gasteiger partial charge in [0.1, 0.15) is 11.6 Å². The van der Waals surface area contributed by atoms with Gasteiger partial charge in [0.25, 0.3) is 11.5 Å². The zero-order valence-electron chi connectivity index (χ0n) is 19.8. The number of methoxy groups -OCH3 is 1. The Bertz CT molecular complexity index is 1570. The number of carbonyl (C=O) groups excluding carboxylic acids is 1. The summed E-state index contributed by atoms with van der Waals surface area (Å²) in [5, 5.41) is 7.54. The number of fused-ring (bicyclic) bond motifs is 1. The summed E-state index contributed by atoms with van der Waals surface area (Å²) in [6, 6.07) is 14.1. The number of aryl methyl sites for hydroxylation is 1. The molecule has 1 heterocycles. The van der Waals surface area contributed by atoms with Crippen LogP contribution in [-0.4, -0.2) is 35.5 Å². The van der Waals surface area contributed by atoms with Crippen molar-refractivity contribution in [2.75, 3.05) is 19.0 Å². The fourth-order valence-corrected chi connectivity index (χ4v) is 4.12. The number of nitrogens with one attached hydrogen (secondary N) is 1. The molecule has 0 saturated heterocycles. The van der Waals surface area contributed by atoms with Gasteiger partial charge in [0.05, 0.1) is 29.9 Å². The SMILES string of the molecule is CCc1nc2ccc(Br)cc2c(=O)n1N=Cc1cc(Cl)cc(OC)c1OCC(=O)Nc1ccccc1F. The van der Waals surface area contributed by atoms with Crippen LogP contribution >= 0.6 is 27.5 Å². The van der Waals surface area contributed by atoms with Crippen LogP contribution in [0.3, 0.4) is 0 Å². The molecule has 1 aromatic heterocycles. The van der Waals surface area contributed by atoms with Crippen LogP contribution in [0.4, 0.5) is 10.1 Å². The van der Waals surface area contributed by atoms with Gasteiger partial charge in [-0.25, -0.2) is 9.37 Å². The number of halogens is 3. The number of benzene rings is 3. The molecule has 0 saturated carbocycles. The van der Waals surface area contributed by atoms with E-state index in [0.717, 1.165) is 4.47 Å². The number of aromatic nitrogens is 2. The zero-order valence-corrected chi connectivity index (χ0v) is 22.1. The van der Waals surface area contributed by atoms with E-state index in [9.17, 15) is 14.0 Å². The molecular weight excluding hydrogens is 567 g/mol. The summed E-state index contributed by atoms with van der Waals surface area (Å²) in [6.45, 7) is 1.42. The number of rotatable bonds is 8. The second kappa shape index (κ2) is 11.5. The van der Waals surface area contributed by atoms with Gasteiger partial charge in [0, 0.05) is 27.5 Å². The third-order valence-electron chi connectivity index (χ3n) is 5.27. The molecule has 0 aliphatic heterocycles. The van der Waals surface area contributed by atoms with E-state index in [2.05, 4.69) is 31.3 Å². The molecule has 1 N–H and O–H groups in total. The lowest BCUT2D eigenvalue weighted by Crippen LogP contribution is -2.22. The molecule has 0 spiro atoms. The highest BCUT2D eigenvalue weighted by Gasteiger charge is 2.16. The number of amides is 1. The molecule has 8 nitrogen and oxygen atoms in total. The number of carbonyl (C=O) groups is 1. The van der Waals surface area contributed by atoms with E-state index in [-0.39, 0.29) is 22.7 Å². The van der Waals surface area contributed by atoms with E-state index in [4.69, 9.17) is 21.1 Å². The Hall–Kier alpha value is -3.76. The van der Waals surface area contributed by atoms with Crippen LogP contribution in [0.25, 0.3) is 10.9 Å². The van der Waals surface area contributed by atoms with Gasteiger partial charge in [-0.2, -0.15) is 9.78 Å². The Labute approximate surface area is 224 Å². The summed E-state index contributed by atoms with van der Waals surface area (Å²) in [4.78, 5) is 30.2. The number of ether oxygens (including phenoxy) is 2. The van der Waals surface area contributed by atoms with Gasteiger partial charge in [-0.1, -0.05) is 46.6 Å². The van der Waals surface area contributed by atoms with Gasteiger partial charge < -0.3 is 14.8 Å². The molecule has 0 fully saturated rings. The highest BCUT2D eigenvalue weighted by molar-refractivity contribution is 9.10. The van der Waals surface area contributed by atoms with E-state index in [1.54, 1.807) is 24.3 Å². The Morgan fingerprint density at radius 2 is 2.03 bits per heavy atom. The van der Waals surface area contributed by atoms with Crippen LogP contribution in [0.5, 0.6) is 11.5 Å². The van der Waals surface area contributed by atoms with Crippen molar-refractivity contribution in [1.82, 2.24) is 9.66 Å². The minimum absolute atomic E-state index is 0.0304. The molecule has 4 aromatic rings. The van der Waals surface area contributed by atoms with Crippen molar-refractivity contribution in [3.63, 3.8) is 0 Å². The predicted octanol–water partition coefficient (Wildman–Crippen LogP) is 5.42. The van der Waals surface area contributed by atoms with Crippen LogP contribution in [-0.2, 0) is 11.2 Å². The molecule has 0 radical (unpaired) electrons. The maximum absolute atomic E-state index is 13.9. The second-order valence-corrected chi connectivity index (χ2v) is 9.10. The van der Waals surface area contributed by atoms with Gasteiger partial charge in [0.2, 0.25) is 0 Å². The first-order valence-corrected chi connectivity index (χ1v) is 12.3. The Balaban J connectivity index is 1.67. The Morgan fingerprint density at radius 3 is 2.76 bits per heavy atom. The fraction of sp³-hybridized carbons (Fsp3) is 0.154. The summed E-state index contributed by atoms with van der Waals surface area (Å²) in [7, 11) is 1.42. The van der Waals surface area contributed by atoms with E-state index in [1.165, 1.54) is 42.3 Å². The normalized spacial score (nSPS) is 11.2. The molecular formula is C26H21BrClFN4O4. The smallest absolute Gasteiger partial charge is 0.282 e. The minimum atomic E-state index is -0.584. The van der Waals surface area contributed by atoms with Crippen LogP contribution in [0.15, 0.2) is 69.0 Å². The summed E-state index contributed by atoms with van der Waals surface area (Å²) >= 11 is 9.63. The summed E-state index contributed by atoms with van der Waals surface area (Å²) in [5.74, 6) is -0.283. The number of hydrogen-bond donors (Lipinski definition) is 1. The van der Waals surface area contributed by atoms with E-state index < -0.39 is 18.3 Å². The van der Waals surface area contributed by atoms with Crippen molar-refractivity contribution in [3.05, 3.63) is 91.7 Å². The molecule has 11 heteroatoms. The van der Waals surface area contributed by atoms with E-state index in [0.29, 0.717) is 33.7 Å². The van der Waals surface area contributed by atoms with Crippen molar-refractivity contribution in [3.8, 4) is 11.5 Å². The fourth-order valence-electron chi connectivity index (χ4n) is 3.54. The van der Waals surface area contributed by atoms with Crippen LogP contribution in [0, 0.1) is 5.82 Å². The molecule has 190 valence electrons. The second-order valence-electron chi connectivity index (χ2n) is 7.75. The first-order valence-electron chi connectivity index (χ1n) is 11.1. The maximum Gasteiger partial charge on any atom is 0.282 e. The maximum atomic E-state index is 13.9.